The van der Waals surface area contributed by atoms with Crippen molar-refractivity contribution in [1.29, 1.82) is 0 Å². The second-order valence-electron chi connectivity index (χ2n) is 6.67. The van der Waals surface area contributed by atoms with Gasteiger partial charge in [0.2, 0.25) is 5.43 Å². The molecule has 5 nitrogen and oxygen atoms in total. The molecule has 0 unspecified atom stereocenters. The van der Waals surface area contributed by atoms with Gasteiger partial charge in [-0.25, -0.2) is 4.79 Å². The number of aryl methyl sites for hydroxylation is 1. The van der Waals surface area contributed by atoms with Gasteiger partial charge in [-0.15, -0.1) is 0 Å². The molecule has 0 fully saturated rings. The minimum atomic E-state index is -4.99. The number of fused-ring (bicyclic) bond motifs is 1. The maximum Gasteiger partial charge on any atom is 0.416 e. The number of carboxylic acid groups (broad SMARTS) is 1. The van der Waals surface area contributed by atoms with Gasteiger partial charge in [0.1, 0.15) is 17.9 Å². The van der Waals surface area contributed by atoms with Crippen molar-refractivity contribution in [3.63, 3.8) is 0 Å². The van der Waals surface area contributed by atoms with Crippen LogP contribution in [0.1, 0.15) is 27.0 Å². The fourth-order valence-corrected chi connectivity index (χ4v) is 2.98. The highest BCUT2D eigenvalue weighted by atomic mass is 19.4. The molecule has 1 aromatic heterocycles. The van der Waals surface area contributed by atoms with Crippen LogP contribution in [-0.4, -0.2) is 15.6 Å². The summed E-state index contributed by atoms with van der Waals surface area (Å²) in [6, 6.07) is 5.06. The lowest BCUT2D eigenvalue weighted by atomic mass is 10.1. The second-order valence-corrected chi connectivity index (χ2v) is 6.67. The van der Waals surface area contributed by atoms with Crippen LogP contribution < -0.4 is 10.2 Å². The van der Waals surface area contributed by atoms with Crippen molar-refractivity contribution < 1.29 is 41.0 Å². The molecule has 0 atom stereocenters. The van der Waals surface area contributed by atoms with Gasteiger partial charge in [0.25, 0.3) is 0 Å². The van der Waals surface area contributed by atoms with Crippen LogP contribution in [0.2, 0.25) is 0 Å². The first-order valence-electron chi connectivity index (χ1n) is 8.55. The summed E-state index contributed by atoms with van der Waals surface area (Å²) in [5.41, 5.74) is -4.27. The van der Waals surface area contributed by atoms with Crippen LogP contribution in [0.4, 0.5) is 26.3 Å². The molecule has 0 saturated carbocycles. The molecular formula is C20H13F6NO4. The second kappa shape index (κ2) is 7.64. The van der Waals surface area contributed by atoms with E-state index in [1.54, 1.807) is 0 Å². The fourth-order valence-electron chi connectivity index (χ4n) is 2.98. The molecule has 3 aromatic rings. The number of ether oxygens (including phenoxy) is 1. The quantitative estimate of drug-likeness (QED) is 0.583. The normalized spacial score (nSPS) is 12.2. The molecule has 2 aromatic carbocycles. The van der Waals surface area contributed by atoms with E-state index < -0.39 is 47.0 Å². The third-order valence-corrected chi connectivity index (χ3v) is 4.44. The van der Waals surface area contributed by atoms with Crippen LogP contribution in [0.15, 0.2) is 47.4 Å². The molecule has 3 rings (SSSR count). The van der Waals surface area contributed by atoms with Crippen LogP contribution in [-0.2, 0) is 26.0 Å². The highest BCUT2D eigenvalue weighted by Crippen LogP contribution is 2.36. The average molecular weight is 445 g/mol. The SMILES string of the molecule is Cn1cc(C(=O)O)c(=O)c2cc(OCc3cc(C(F)(F)F)cc(C(F)(F)F)c3)ccc21. The summed E-state index contributed by atoms with van der Waals surface area (Å²) in [7, 11) is 1.51. The van der Waals surface area contributed by atoms with Gasteiger partial charge in [0.05, 0.1) is 22.0 Å². The Morgan fingerprint density at radius 2 is 1.58 bits per heavy atom. The van der Waals surface area contributed by atoms with Gasteiger partial charge < -0.3 is 14.4 Å². The summed E-state index contributed by atoms with van der Waals surface area (Å²) in [6.45, 7) is -0.641. The number of benzene rings is 2. The number of carbonyl (C=O) groups is 1. The topological polar surface area (TPSA) is 68.5 Å². The molecule has 0 saturated heterocycles. The van der Waals surface area contributed by atoms with E-state index in [4.69, 9.17) is 9.84 Å². The number of hydrogen-bond acceptors (Lipinski definition) is 3. The Bertz CT molecular complexity index is 1200. The first-order chi connectivity index (χ1) is 14.3. The van der Waals surface area contributed by atoms with Gasteiger partial charge >= 0.3 is 18.3 Å². The van der Waals surface area contributed by atoms with E-state index in [9.17, 15) is 35.9 Å². The predicted molar refractivity (Wildman–Crippen MR) is 96.9 cm³/mol. The van der Waals surface area contributed by atoms with Crippen molar-refractivity contribution in [1.82, 2.24) is 4.57 Å². The highest BCUT2D eigenvalue weighted by Gasteiger charge is 2.36. The summed E-state index contributed by atoms with van der Waals surface area (Å²) in [5, 5.41) is 9.10. The van der Waals surface area contributed by atoms with Crippen LogP contribution in [0.3, 0.4) is 0 Å². The molecule has 0 aliphatic rings. The van der Waals surface area contributed by atoms with E-state index in [0.717, 1.165) is 6.20 Å². The molecule has 0 radical (unpaired) electrons. The van der Waals surface area contributed by atoms with Gasteiger partial charge in [-0.05, 0) is 42.0 Å². The Morgan fingerprint density at radius 1 is 1.00 bits per heavy atom. The third-order valence-electron chi connectivity index (χ3n) is 4.44. The summed E-state index contributed by atoms with van der Waals surface area (Å²) in [6.07, 6.45) is -8.84. The molecule has 0 aliphatic carbocycles. The molecule has 0 amide bonds. The molecule has 164 valence electrons. The first kappa shape index (κ1) is 22.2. The molecule has 0 aliphatic heterocycles. The molecule has 11 heteroatoms. The predicted octanol–water partition coefficient (Wildman–Crippen LogP) is 4.85. The monoisotopic (exact) mass is 445 g/mol. The molecule has 1 N–H and O–H groups in total. The summed E-state index contributed by atoms with van der Waals surface area (Å²) in [5.74, 6) is -1.48. The zero-order valence-corrected chi connectivity index (χ0v) is 15.6. The number of aromatic carboxylic acids is 1. The Hall–Kier alpha value is -3.50. The molecule has 1 heterocycles. The van der Waals surface area contributed by atoms with Crippen molar-refractivity contribution in [3.05, 3.63) is 75.1 Å². The number of aromatic nitrogens is 1. The zero-order valence-electron chi connectivity index (χ0n) is 15.6. The minimum Gasteiger partial charge on any atom is -0.489 e. The maximum atomic E-state index is 13.0. The van der Waals surface area contributed by atoms with E-state index in [2.05, 4.69) is 0 Å². The van der Waals surface area contributed by atoms with E-state index in [-0.39, 0.29) is 22.8 Å². The van der Waals surface area contributed by atoms with Gasteiger partial charge in [-0.3, -0.25) is 4.79 Å². The van der Waals surface area contributed by atoms with Crippen molar-refractivity contribution in [3.8, 4) is 5.75 Å². The van der Waals surface area contributed by atoms with Crippen molar-refractivity contribution in [2.75, 3.05) is 0 Å². The van der Waals surface area contributed by atoms with Gasteiger partial charge in [0, 0.05) is 13.2 Å². The van der Waals surface area contributed by atoms with E-state index in [0.29, 0.717) is 17.6 Å². The Balaban J connectivity index is 1.98. The molecule has 0 spiro atoms. The van der Waals surface area contributed by atoms with Crippen LogP contribution in [0, 0.1) is 0 Å². The van der Waals surface area contributed by atoms with Gasteiger partial charge in [-0.1, -0.05) is 0 Å². The van der Waals surface area contributed by atoms with Gasteiger partial charge in [0.15, 0.2) is 0 Å². The lowest BCUT2D eigenvalue weighted by Gasteiger charge is -2.15. The Kier molecular flexibility index (Phi) is 5.47. The average Bonchev–Trinajstić information content (AvgIpc) is 2.67. The third kappa shape index (κ3) is 4.65. The number of carboxylic acids is 1. The standard InChI is InChI=1S/C20H13F6NO4/c1-27-8-15(18(29)30)17(28)14-7-13(2-3-16(14)27)31-9-10-4-11(19(21,22)23)6-12(5-10)20(24,25)26/h2-8H,9H2,1H3,(H,29,30). The number of halogens is 6. The lowest BCUT2D eigenvalue weighted by Crippen LogP contribution is -2.17. The Morgan fingerprint density at radius 3 is 2.10 bits per heavy atom. The highest BCUT2D eigenvalue weighted by molar-refractivity contribution is 5.92. The molecule has 31 heavy (non-hydrogen) atoms. The van der Waals surface area contributed by atoms with Crippen LogP contribution in [0.25, 0.3) is 10.9 Å². The number of hydrogen-bond donors (Lipinski definition) is 1. The summed E-state index contributed by atoms with van der Waals surface area (Å²) in [4.78, 5) is 23.6. The van der Waals surface area contributed by atoms with E-state index in [1.807, 2.05) is 0 Å². The smallest absolute Gasteiger partial charge is 0.416 e. The Labute approximate surface area is 170 Å². The summed E-state index contributed by atoms with van der Waals surface area (Å²) < 4.78 is 84.5. The molecule has 0 bridgehead atoms. The number of nitrogens with zero attached hydrogens (tertiary/aromatic N) is 1. The number of rotatable bonds is 4. The van der Waals surface area contributed by atoms with Crippen molar-refractivity contribution >= 4 is 16.9 Å². The van der Waals surface area contributed by atoms with Gasteiger partial charge in [-0.2, -0.15) is 26.3 Å². The maximum absolute atomic E-state index is 13.0. The first-order valence-corrected chi connectivity index (χ1v) is 8.55. The zero-order chi connectivity index (χ0) is 23.1. The number of pyridine rings is 1. The van der Waals surface area contributed by atoms with Crippen LogP contribution in [0.5, 0.6) is 5.75 Å². The van der Waals surface area contributed by atoms with E-state index >= 15 is 0 Å². The largest absolute Gasteiger partial charge is 0.489 e. The van der Waals surface area contributed by atoms with Crippen molar-refractivity contribution in [2.45, 2.75) is 19.0 Å². The fraction of sp³-hybridized carbons (Fsp3) is 0.200. The van der Waals surface area contributed by atoms with Crippen LogP contribution >= 0.6 is 0 Å². The lowest BCUT2D eigenvalue weighted by molar-refractivity contribution is -0.143. The minimum absolute atomic E-state index is 0.0106. The summed E-state index contributed by atoms with van der Waals surface area (Å²) >= 11 is 0. The van der Waals surface area contributed by atoms with E-state index in [1.165, 1.54) is 29.8 Å². The van der Waals surface area contributed by atoms with Crippen molar-refractivity contribution in [2.24, 2.45) is 7.05 Å². The number of alkyl halides is 6. The molecular weight excluding hydrogens is 432 g/mol.